The third-order valence-corrected chi connectivity index (χ3v) is 4.63. The van der Waals surface area contributed by atoms with E-state index < -0.39 is 0 Å². The molecule has 1 saturated carbocycles. The number of rotatable bonds is 2. The van der Waals surface area contributed by atoms with Crippen molar-refractivity contribution in [1.29, 1.82) is 0 Å². The van der Waals surface area contributed by atoms with Crippen molar-refractivity contribution >= 4 is 0 Å². The fourth-order valence-electron chi connectivity index (χ4n) is 3.81. The molecule has 2 heteroatoms. The average molecular weight is 219 g/mol. The molecule has 0 aromatic carbocycles. The van der Waals surface area contributed by atoms with Crippen LogP contribution in [0, 0.1) is 5.92 Å². The first-order valence-electron chi connectivity index (χ1n) is 6.68. The Balaban J connectivity index is 2.02. The van der Waals surface area contributed by atoms with Crippen LogP contribution in [0.5, 0.6) is 0 Å². The van der Waals surface area contributed by atoms with Gasteiger partial charge in [0.25, 0.3) is 0 Å². The van der Waals surface area contributed by atoms with E-state index in [9.17, 15) is 0 Å². The molecule has 1 unspecified atom stereocenters. The first-order chi connectivity index (χ1) is 7.87. The molecule has 1 aliphatic carbocycles. The minimum atomic E-state index is 0.219. The highest BCUT2D eigenvalue weighted by atomic mass is 16.3. The minimum Gasteiger partial charge on any atom is -0.469 e. The fraction of sp³-hybridized carbons (Fsp3) is 0.714. The minimum absolute atomic E-state index is 0.219. The lowest BCUT2D eigenvalue weighted by atomic mass is 9.73. The molecule has 2 nitrogen and oxygen atoms in total. The van der Waals surface area contributed by atoms with Gasteiger partial charge in [-0.1, -0.05) is 19.8 Å². The van der Waals surface area contributed by atoms with Crippen molar-refractivity contribution in [3.05, 3.63) is 23.7 Å². The molecule has 16 heavy (non-hydrogen) atoms. The summed E-state index contributed by atoms with van der Waals surface area (Å²) in [6.45, 7) is 3.39. The van der Waals surface area contributed by atoms with Gasteiger partial charge in [-0.05, 0) is 31.2 Å². The number of furan rings is 1. The highest BCUT2D eigenvalue weighted by Gasteiger charge is 2.43. The van der Waals surface area contributed by atoms with Crippen molar-refractivity contribution in [3.63, 3.8) is 0 Å². The monoisotopic (exact) mass is 219 g/mol. The molecule has 0 spiro atoms. The number of hydrogen-bond donors (Lipinski definition) is 1. The summed E-state index contributed by atoms with van der Waals surface area (Å²) in [5.41, 5.74) is 1.67. The van der Waals surface area contributed by atoms with Crippen LogP contribution in [0.2, 0.25) is 0 Å². The average Bonchev–Trinajstić information content (AvgIpc) is 2.99. The quantitative estimate of drug-likeness (QED) is 0.826. The second kappa shape index (κ2) is 3.92. The molecule has 2 aliphatic rings. The van der Waals surface area contributed by atoms with Crippen LogP contribution in [-0.2, 0) is 12.0 Å². The van der Waals surface area contributed by atoms with Gasteiger partial charge >= 0.3 is 0 Å². The van der Waals surface area contributed by atoms with E-state index in [1.165, 1.54) is 43.4 Å². The third-order valence-electron chi connectivity index (χ3n) is 4.63. The van der Waals surface area contributed by atoms with E-state index >= 15 is 0 Å². The smallest absolute Gasteiger partial charge is 0.110 e. The summed E-state index contributed by atoms with van der Waals surface area (Å²) < 4.78 is 5.63. The van der Waals surface area contributed by atoms with Gasteiger partial charge in [0.15, 0.2) is 0 Å². The first-order valence-corrected chi connectivity index (χ1v) is 6.68. The molecular weight excluding hydrogens is 198 g/mol. The molecule has 0 amide bonds. The Morgan fingerprint density at radius 1 is 1.44 bits per heavy atom. The predicted molar refractivity (Wildman–Crippen MR) is 64.3 cm³/mol. The molecule has 88 valence electrons. The van der Waals surface area contributed by atoms with Crippen LogP contribution in [0.4, 0.5) is 0 Å². The van der Waals surface area contributed by atoms with E-state index in [1.54, 1.807) is 0 Å². The maximum absolute atomic E-state index is 5.63. The number of hydrogen-bond acceptors (Lipinski definition) is 2. The zero-order chi connectivity index (χ0) is 11.0. The van der Waals surface area contributed by atoms with Gasteiger partial charge in [0, 0.05) is 24.1 Å². The molecule has 1 aromatic rings. The summed E-state index contributed by atoms with van der Waals surface area (Å²) >= 11 is 0. The van der Waals surface area contributed by atoms with Crippen LogP contribution in [-0.4, -0.2) is 6.54 Å². The molecule has 1 fully saturated rings. The molecule has 0 radical (unpaired) electrons. The summed E-state index contributed by atoms with van der Waals surface area (Å²) in [4.78, 5) is 0. The van der Waals surface area contributed by atoms with Crippen molar-refractivity contribution in [2.75, 3.05) is 6.54 Å². The van der Waals surface area contributed by atoms with Crippen molar-refractivity contribution in [2.24, 2.45) is 5.92 Å². The van der Waals surface area contributed by atoms with Gasteiger partial charge in [0.05, 0.1) is 6.26 Å². The number of fused-ring (bicyclic) bond motifs is 1. The lowest BCUT2D eigenvalue weighted by Gasteiger charge is -2.42. The van der Waals surface area contributed by atoms with Crippen molar-refractivity contribution < 1.29 is 4.42 Å². The highest BCUT2D eigenvalue weighted by molar-refractivity contribution is 5.31. The van der Waals surface area contributed by atoms with E-state index in [0.717, 1.165) is 18.9 Å². The Morgan fingerprint density at radius 2 is 2.25 bits per heavy atom. The van der Waals surface area contributed by atoms with Gasteiger partial charge in [-0.25, -0.2) is 0 Å². The summed E-state index contributed by atoms with van der Waals surface area (Å²) in [6.07, 6.45) is 9.68. The van der Waals surface area contributed by atoms with Crippen molar-refractivity contribution in [1.82, 2.24) is 5.32 Å². The molecule has 0 bridgehead atoms. The molecular formula is C14H21NO. The maximum atomic E-state index is 5.63. The Bertz CT molecular complexity index is 365. The lowest BCUT2D eigenvalue weighted by molar-refractivity contribution is 0.185. The SMILES string of the molecule is CCC1(C2CCCC2)NCCc2occc21. The summed E-state index contributed by atoms with van der Waals surface area (Å²) in [5, 5.41) is 3.81. The highest BCUT2D eigenvalue weighted by Crippen LogP contribution is 2.45. The zero-order valence-corrected chi connectivity index (χ0v) is 10.1. The van der Waals surface area contributed by atoms with Crippen molar-refractivity contribution in [3.8, 4) is 0 Å². The van der Waals surface area contributed by atoms with Gasteiger partial charge in [0.2, 0.25) is 0 Å². The molecule has 1 aliphatic heterocycles. The maximum Gasteiger partial charge on any atom is 0.110 e. The van der Waals surface area contributed by atoms with Gasteiger partial charge in [-0.3, -0.25) is 0 Å². The fourth-order valence-corrected chi connectivity index (χ4v) is 3.81. The molecule has 2 heterocycles. The molecule has 1 N–H and O–H groups in total. The molecule has 1 atom stereocenters. The van der Waals surface area contributed by atoms with Gasteiger partial charge in [-0.2, -0.15) is 0 Å². The van der Waals surface area contributed by atoms with Crippen LogP contribution in [0.1, 0.15) is 50.4 Å². The van der Waals surface area contributed by atoms with Crippen LogP contribution in [0.15, 0.2) is 16.7 Å². The molecule has 0 saturated heterocycles. The van der Waals surface area contributed by atoms with Gasteiger partial charge in [-0.15, -0.1) is 0 Å². The van der Waals surface area contributed by atoms with Crippen LogP contribution in [0.3, 0.4) is 0 Å². The zero-order valence-electron chi connectivity index (χ0n) is 10.1. The predicted octanol–water partition coefficient (Wildman–Crippen LogP) is 3.22. The topological polar surface area (TPSA) is 25.2 Å². The van der Waals surface area contributed by atoms with Gasteiger partial charge in [0.1, 0.15) is 5.76 Å². The van der Waals surface area contributed by atoms with E-state index in [0.29, 0.717) is 0 Å². The lowest BCUT2D eigenvalue weighted by Crippen LogP contribution is -2.51. The third kappa shape index (κ3) is 1.36. The van der Waals surface area contributed by atoms with Crippen molar-refractivity contribution in [2.45, 2.75) is 51.0 Å². The Kier molecular flexibility index (Phi) is 2.55. The van der Waals surface area contributed by atoms with Crippen LogP contribution < -0.4 is 5.32 Å². The van der Waals surface area contributed by atoms with Crippen LogP contribution in [0.25, 0.3) is 0 Å². The summed E-state index contributed by atoms with van der Waals surface area (Å²) in [5.74, 6) is 2.04. The Hall–Kier alpha value is -0.760. The van der Waals surface area contributed by atoms with E-state index in [4.69, 9.17) is 4.42 Å². The first kappa shape index (κ1) is 10.4. The van der Waals surface area contributed by atoms with Gasteiger partial charge < -0.3 is 9.73 Å². The van der Waals surface area contributed by atoms with E-state index in [-0.39, 0.29) is 5.54 Å². The second-order valence-electron chi connectivity index (χ2n) is 5.24. The summed E-state index contributed by atoms with van der Waals surface area (Å²) in [7, 11) is 0. The Labute approximate surface area is 97.4 Å². The summed E-state index contributed by atoms with van der Waals surface area (Å²) in [6, 6.07) is 2.20. The van der Waals surface area contributed by atoms with E-state index in [2.05, 4.69) is 18.3 Å². The molecule has 1 aromatic heterocycles. The normalized spacial score (nSPS) is 30.6. The number of nitrogens with one attached hydrogen (secondary N) is 1. The largest absolute Gasteiger partial charge is 0.469 e. The molecule has 3 rings (SSSR count). The second-order valence-corrected chi connectivity index (χ2v) is 5.24. The Morgan fingerprint density at radius 3 is 3.00 bits per heavy atom. The van der Waals surface area contributed by atoms with E-state index in [1.807, 2.05) is 6.26 Å². The van der Waals surface area contributed by atoms with Crippen LogP contribution >= 0.6 is 0 Å². The standard InChI is InChI=1S/C14H21NO/c1-2-14(11-5-3-4-6-11)12-8-10-16-13(12)7-9-15-14/h8,10-11,15H,2-7,9H2,1H3.